The summed E-state index contributed by atoms with van der Waals surface area (Å²) in [5.74, 6) is -2.59. The van der Waals surface area contributed by atoms with E-state index in [1.165, 1.54) is 12.1 Å². The minimum absolute atomic E-state index is 0.0128. The average Bonchev–Trinajstić information content (AvgIpc) is 2.81. The lowest BCUT2D eigenvalue weighted by atomic mass is 10.1. The Bertz CT molecular complexity index is 484. The van der Waals surface area contributed by atoms with Crippen LogP contribution in [0, 0.1) is 5.82 Å². The molecular formula is C12H13FN2O3. The zero-order chi connectivity index (χ0) is 13.1. The molecule has 1 aliphatic rings. The van der Waals surface area contributed by atoms with Crippen LogP contribution in [0.2, 0.25) is 0 Å². The number of amides is 1. The number of carboxylic acid groups (broad SMARTS) is 1. The summed E-state index contributed by atoms with van der Waals surface area (Å²) in [7, 11) is 0. The number of nitrogens with one attached hydrogen (secondary N) is 2. The van der Waals surface area contributed by atoms with Crippen LogP contribution in [0.15, 0.2) is 18.2 Å². The van der Waals surface area contributed by atoms with Gasteiger partial charge in [0.15, 0.2) is 0 Å². The molecule has 3 N–H and O–H groups in total. The Morgan fingerprint density at radius 3 is 2.83 bits per heavy atom. The summed E-state index contributed by atoms with van der Waals surface area (Å²) < 4.78 is 13.4. The third kappa shape index (κ3) is 2.48. The molecule has 1 aliphatic heterocycles. The van der Waals surface area contributed by atoms with Crippen molar-refractivity contribution in [2.45, 2.75) is 18.9 Å². The van der Waals surface area contributed by atoms with Crippen molar-refractivity contribution >= 4 is 17.6 Å². The number of carbonyl (C=O) groups is 2. The van der Waals surface area contributed by atoms with Crippen molar-refractivity contribution < 1.29 is 19.1 Å². The summed E-state index contributed by atoms with van der Waals surface area (Å²) in [5, 5.41) is 14.4. The molecular weight excluding hydrogens is 239 g/mol. The van der Waals surface area contributed by atoms with E-state index >= 15 is 0 Å². The number of hydrogen-bond acceptors (Lipinski definition) is 3. The van der Waals surface area contributed by atoms with Gasteiger partial charge in [0, 0.05) is 0 Å². The van der Waals surface area contributed by atoms with Gasteiger partial charge in [0.25, 0.3) is 0 Å². The summed E-state index contributed by atoms with van der Waals surface area (Å²) in [5.41, 5.74) is -0.523. The number of anilines is 1. The fourth-order valence-corrected chi connectivity index (χ4v) is 1.97. The minimum atomic E-state index is -1.40. The van der Waals surface area contributed by atoms with E-state index in [0.29, 0.717) is 6.42 Å². The number of halogens is 1. The third-order valence-corrected chi connectivity index (χ3v) is 2.86. The second-order valence-electron chi connectivity index (χ2n) is 4.11. The lowest BCUT2D eigenvalue weighted by molar-refractivity contribution is -0.117. The molecule has 0 aromatic heterocycles. The number of carboxylic acids is 1. The predicted molar refractivity (Wildman–Crippen MR) is 63.0 cm³/mol. The van der Waals surface area contributed by atoms with Crippen LogP contribution in [-0.2, 0) is 4.79 Å². The molecule has 1 saturated heterocycles. The van der Waals surface area contributed by atoms with Gasteiger partial charge in [-0.2, -0.15) is 0 Å². The molecule has 1 heterocycles. The Hall–Kier alpha value is -1.95. The van der Waals surface area contributed by atoms with Crippen LogP contribution < -0.4 is 10.6 Å². The summed E-state index contributed by atoms with van der Waals surface area (Å²) in [6.07, 6.45) is 1.59. The van der Waals surface area contributed by atoms with Gasteiger partial charge in [0.05, 0.1) is 11.7 Å². The van der Waals surface area contributed by atoms with Crippen molar-refractivity contribution in [2.75, 3.05) is 11.9 Å². The largest absolute Gasteiger partial charge is 0.478 e. The van der Waals surface area contributed by atoms with Gasteiger partial charge in [-0.1, -0.05) is 6.07 Å². The maximum atomic E-state index is 13.4. The molecule has 5 nitrogen and oxygen atoms in total. The number of carbonyl (C=O) groups excluding carboxylic acids is 1. The minimum Gasteiger partial charge on any atom is -0.478 e. The molecule has 2 rings (SSSR count). The number of rotatable bonds is 3. The SMILES string of the molecule is O=C(O)c1c(F)cccc1NC(=O)C1CCCN1. The fourth-order valence-electron chi connectivity index (χ4n) is 1.97. The van der Waals surface area contributed by atoms with Gasteiger partial charge in [-0.25, -0.2) is 9.18 Å². The lowest BCUT2D eigenvalue weighted by Crippen LogP contribution is -2.36. The molecule has 1 aromatic carbocycles. The monoisotopic (exact) mass is 252 g/mol. The Morgan fingerprint density at radius 1 is 1.44 bits per heavy atom. The summed E-state index contributed by atoms with van der Waals surface area (Å²) in [6.45, 7) is 0.757. The van der Waals surface area contributed by atoms with Crippen LogP contribution in [0.25, 0.3) is 0 Å². The van der Waals surface area contributed by atoms with E-state index in [4.69, 9.17) is 5.11 Å². The van der Waals surface area contributed by atoms with E-state index in [2.05, 4.69) is 10.6 Å². The van der Waals surface area contributed by atoms with Gasteiger partial charge in [-0.05, 0) is 31.5 Å². The zero-order valence-electron chi connectivity index (χ0n) is 9.57. The van der Waals surface area contributed by atoms with Crippen molar-refractivity contribution in [3.63, 3.8) is 0 Å². The van der Waals surface area contributed by atoms with Gasteiger partial charge < -0.3 is 15.7 Å². The van der Waals surface area contributed by atoms with Crippen LogP contribution in [0.5, 0.6) is 0 Å². The number of benzene rings is 1. The molecule has 96 valence electrons. The maximum Gasteiger partial charge on any atom is 0.340 e. The average molecular weight is 252 g/mol. The highest BCUT2D eigenvalue weighted by atomic mass is 19.1. The van der Waals surface area contributed by atoms with E-state index in [1.54, 1.807) is 0 Å². The van der Waals surface area contributed by atoms with E-state index in [9.17, 15) is 14.0 Å². The first-order valence-corrected chi connectivity index (χ1v) is 5.65. The van der Waals surface area contributed by atoms with Crippen LogP contribution in [0.1, 0.15) is 23.2 Å². The predicted octanol–water partition coefficient (Wildman–Crippen LogP) is 1.21. The van der Waals surface area contributed by atoms with E-state index < -0.39 is 17.3 Å². The van der Waals surface area contributed by atoms with Crippen LogP contribution >= 0.6 is 0 Å². The Kier molecular flexibility index (Phi) is 3.57. The summed E-state index contributed by atoms with van der Waals surface area (Å²) >= 11 is 0. The molecule has 1 fully saturated rings. The molecule has 0 radical (unpaired) electrons. The van der Waals surface area contributed by atoms with Gasteiger partial charge in [0.1, 0.15) is 11.4 Å². The molecule has 1 atom stereocenters. The van der Waals surface area contributed by atoms with Crippen molar-refractivity contribution in [1.29, 1.82) is 0 Å². The summed E-state index contributed by atoms with van der Waals surface area (Å²) in [6, 6.07) is 3.45. The smallest absolute Gasteiger partial charge is 0.340 e. The normalized spacial score (nSPS) is 18.6. The van der Waals surface area contributed by atoms with Crippen molar-refractivity contribution in [1.82, 2.24) is 5.32 Å². The lowest BCUT2D eigenvalue weighted by Gasteiger charge is -2.13. The maximum absolute atomic E-state index is 13.4. The second kappa shape index (κ2) is 5.14. The molecule has 1 unspecified atom stereocenters. The molecule has 1 amide bonds. The molecule has 0 saturated carbocycles. The topological polar surface area (TPSA) is 78.4 Å². The number of hydrogen-bond donors (Lipinski definition) is 3. The van der Waals surface area contributed by atoms with E-state index in [-0.39, 0.29) is 17.6 Å². The number of aromatic carboxylic acids is 1. The van der Waals surface area contributed by atoms with Crippen molar-refractivity contribution in [3.05, 3.63) is 29.6 Å². The summed E-state index contributed by atoms with van der Waals surface area (Å²) in [4.78, 5) is 22.8. The van der Waals surface area contributed by atoms with Crippen LogP contribution in [-0.4, -0.2) is 29.6 Å². The quantitative estimate of drug-likeness (QED) is 0.755. The molecule has 0 spiro atoms. The first-order valence-electron chi connectivity index (χ1n) is 5.65. The highest BCUT2D eigenvalue weighted by molar-refractivity contribution is 6.02. The van der Waals surface area contributed by atoms with Gasteiger partial charge in [-0.3, -0.25) is 4.79 Å². The van der Waals surface area contributed by atoms with Crippen LogP contribution in [0.4, 0.5) is 10.1 Å². The zero-order valence-corrected chi connectivity index (χ0v) is 9.57. The standard InChI is InChI=1S/C12H13FN2O3/c13-7-3-1-4-8(10(7)12(17)18)15-11(16)9-5-2-6-14-9/h1,3-4,9,14H,2,5-6H2,(H,15,16)(H,17,18). The first kappa shape index (κ1) is 12.5. The fraction of sp³-hybridized carbons (Fsp3) is 0.333. The first-order chi connectivity index (χ1) is 8.59. The molecule has 0 aliphatic carbocycles. The van der Waals surface area contributed by atoms with E-state index in [1.807, 2.05) is 0 Å². The highest BCUT2D eigenvalue weighted by Gasteiger charge is 2.24. The molecule has 6 heteroatoms. The highest BCUT2D eigenvalue weighted by Crippen LogP contribution is 2.20. The van der Waals surface area contributed by atoms with Crippen molar-refractivity contribution in [3.8, 4) is 0 Å². The van der Waals surface area contributed by atoms with Gasteiger partial charge in [-0.15, -0.1) is 0 Å². The Morgan fingerprint density at radius 2 is 2.22 bits per heavy atom. The molecule has 0 bridgehead atoms. The van der Waals surface area contributed by atoms with Gasteiger partial charge in [0.2, 0.25) is 5.91 Å². The Labute approximate surface area is 103 Å². The van der Waals surface area contributed by atoms with Crippen molar-refractivity contribution in [2.24, 2.45) is 0 Å². The Balaban J connectivity index is 2.20. The molecule has 1 aromatic rings. The molecule has 18 heavy (non-hydrogen) atoms. The second-order valence-corrected chi connectivity index (χ2v) is 4.11. The van der Waals surface area contributed by atoms with Gasteiger partial charge >= 0.3 is 5.97 Å². The third-order valence-electron chi connectivity index (χ3n) is 2.86. The van der Waals surface area contributed by atoms with Crippen LogP contribution in [0.3, 0.4) is 0 Å². The van der Waals surface area contributed by atoms with E-state index in [0.717, 1.165) is 19.0 Å².